The highest BCUT2D eigenvalue weighted by Gasteiger charge is 2.31. The molecule has 0 aromatic heterocycles. The molecule has 3 unspecified atom stereocenters. The number of halogens is 1. The molecule has 0 amide bonds. The average Bonchev–Trinajstić information content (AvgIpc) is 2.49. The molecule has 0 saturated heterocycles. The number of methoxy groups -OCH3 is 1. The van der Waals surface area contributed by atoms with E-state index in [2.05, 4.69) is 19.2 Å². The predicted octanol–water partition coefficient (Wildman–Crippen LogP) is 4.35. The quantitative estimate of drug-likeness (QED) is 0.787. The maximum atomic E-state index is 13.7. The average molecular weight is 293 g/mol. The Kier molecular flexibility index (Phi) is 6.04. The van der Waals surface area contributed by atoms with Gasteiger partial charge in [-0.15, -0.1) is 0 Å². The van der Waals surface area contributed by atoms with Crippen molar-refractivity contribution < 1.29 is 9.13 Å². The molecular formula is C18H28FNO. The largest absolute Gasteiger partial charge is 0.496 e. The molecule has 1 aromatic carbocycles. The third-order valence-corrected chi connectivity index (χ3v) is 4.68. The fourth-order valence-corrected chi connectivity index (χ4v) is 3.53. The Hall–Kier alpha value is -1.09. The molecule has 0 radical (unpaired) electrons. The van der Waals surface area contributed by atoms with Crippen molar-refractivity contribution in [3.8, 4) is 5.75 Å². The van der Waals surface area contributed by atoms with Crippen molar-refractivity contribution in [2.45, 2.75) is 45.4 Å². The van der Waals surface area contributed by atoms with Gasteiger partial charge >= 0.3 is 0 Å². The molecule has 0 bridgehead atoms. The van der Waals surface area contributed by atoms with Gasteiger partial charge in [-0.3, -0.25) is 0 Å². The van der Waals surface area contributed by atoms with E-state index in [9.17, 15) is 4.39 Å². The van der Waals surface area contributed by atoms with Crippen molar-refractivity contribution in [1.82, 2.24) is 5.32 Å². The van der Waals surface area contributed by atoms with E-state index in [4.69, 9.17) is 4.74 Å². The molecule has 1 N–H and O–H groups in total. The van der Waals surface area contributed by atoms with Crippen LogP contribution in [0.15, 0.2) is 18.2 Å². The summed E-state index contributed by atoms with van der Waals surface area (Å²) in [7, 11) is 1.67. The molecule has 118 valence electrons. The molecule has 2 nitrogen and oxygen atoms in total. The second kappa shape index (κ2) is 7.79. The van der Waals surface area contributed by atoms with Crippen LogP contribution in [0.4, 0.5) is 4.39 Å². The minimum Gasteiger partial charge on any atom is -0.496 e. The maximum Gasteiger partial charge on any atom is 0.123 e. The molecule has 0 heterocycles. The summed E-state index contributed by atoms with van der Waals surface area (Å²) in [5, 5.41) is 3.54. The van der Waals surface area contributed by atoms with Gasteiger partial charge in [0.1, 0.15) is 11.6 Å². The van der Waals surface area contributed by atoms with Gasteiger partial charge in [0.2, 0.25) is 0 Å². The molecule has 1 aliphatic carbocycles. The van der Waals surface area contributed by atoms with E-state index in [0.717, 1.165) is 37.2 Å². The normalized spacial score (nSPS) is 25.8. The van der Waals surface area contributed by atoms with Gasteiger partial charge in [-0.1, -0.05) is 20.3 Å². The number of nitrogens with one attached hydrogen (secondary N) is 1. The molecular weight excluding hydrogens is 265 g/mol. The molecule has 21 heavy (non-hydrogen) atoms. The van der Waals surface area contributed by atoms with Crippen LogP contribution >= 0.6 is 0 Å². The van der Waals surface area contributed by atoms with Gasteiger partial charge in [-0.05, 0) is 68.3 Å². The van der Waals surface area contributed by atoms with Crippen LogP contribution in [-0.4, -0.2) is 20.2 Å². The lowest BCUT2D eigenvalue weighted by atomic mass is 9.71. The number of hydrogen-bond donors (Lipinski definition) is 1. The van der Waals surface area contributed by atoms with Crippen LogP contribution in [0.3, 0.4) is 0 Å². The van der Waals surface area contributed by atoms with E-state index in [1.807, 2.05) is 0 Å². The Labute approximate surface area is 128 Å². The Morgan fingerprint density at radius 1 is 1.33 bits per heavy atom. The van der Waals surface area contributed by atoms with E-state index in [1.54, 1.807) is 19.2 Å². The van der Waals surface area contributed by atoms with Gasteiger partial charge in [0.05, 0.1) is 7.11 Å². The molecule has 3 heteroatoms. The second-order valence-electron chi connectivity index (χ2n) is 6.38. The predicted molar refractivity (Wildman–Crippen MR) is 85.4 cm³/mol. The molecule has 1 saturated carbocycles. The molecule has 1 aromatic rings. The smallest absolute Gasteiger partial charge is 0.123 e. The first-order valence-electron chi connectivity index (χ1n) is 8.19. The molecule has 0 spiro atoms. The number of ether oxygens (including phenoxy) is 1. The minimum absolute atomic E-state index is 0.163. The highest BCUT2D eigenvalue weighted by atomic mass is 19.1. The Morgan fingerprint density at radius 2 is 2.14 bits per heavy atom. The van der Waals surface area contributed by atoms with Gasteiger partial charge < -0.3 is 10.1 Å². The first kappa shape index (κ1) is 16.3. The topological polar surface area (TPSA) is 21.3 Å². The molecule has 0 aliphatic heterocycles. The summed E-state index contributed by atoms with van der Waals surface area (Å²) in [6.07, 6.45) is 4.75. The van der Waals surface area contributed by atoms with E-state index < -0.39 is 0 Å². The van der Waals surface area contributed by atoms with Crippen LogP contribution in [0.2, 0.25) is 0 Å². The van der Waals surface area contributed by atoms with Crippen molar-refractivity contribution in [2.75, 3.05) is 20.2 Å². The van der Waals surface area contributed by atoms with E-state index in [0.29, 0.717) is 17.8 Å². The number of benzene rings is 1. The fraction of sp³-hybridized carbons (Fsp3) is 0.667. The zero-order valence-corrected chi connectivity index (χ0v) is 13.5. The lowest BCUT2D eigenvalue weighted by Crippen LogP contribution is -2.32. The summed E-state index contributed by atoms with van der Waals surface area (Å²) < 4.78 is 19.2. The monoisotopic (exact) mass is 293 g/mol. The van der Waals surface area contributed by atoms with Crippen LogP contribution in [0.25, 0.3) is 0 Å². The van der Waals surface area contributed by atoms with Gasteiger partial charge in [0, 0.05) is 5.56 Å². The molecule has 1 fully saturated rings. The van der Waals surface area contributed by atoms with Crippen LogP contribution in [0.5, 0.6) is 5.75 Å². The van der Waals surface area contributed by atoms with E-state index in [1.165, 1.54) is 18.9 Å². The Balaban J connectivity index is 2.20. The van der Waals surface area contributed by atoms with Crippen LogP contribution in [-0.2, 0) is 0 Å². The van der Waals surface area contributed by atoms with Gasteiger partial charge in [0.25, 0.3) is 0 Å². The molecule has 2 rings (SSSR count). The lowest BCUT2D eigenvalue weighted by molar-refractivity contribution is 0.237. The van der Waals surface area contributed by atoms with Crippen LogP contribution in [0, 0.1) is 17.7 Å². The number of rotatable bonds is 6. The van der Waals surface area contributed by atoms with Crippen molar-refractivity contribution in [1.29, 1.82) is 0 Å². The first-order chi connectivity index (χ1) is 10.2. The van der Waals surface area contributed by atoms with Crippen LogP contribution < -0.4 is 10.1 Å². The molecule has 3 atom stereocenters. The maximum absolute atomic E-state index is 13.7. The highest BCUT2D eigenvalue weighted by molar-refractivity contribution is 5.37. The Morgan fingerprint density at radius 3 is 2.86 bits per heavy atom. The van der Waals surface area contributed by atoms with E-state index >= 15 is 0 Å². The summed E-state index contributed by atoms with van der Waals surface area (Å²) in [5.74, 6) is 2.33. The SMILES string of the molecule is CCCNCC1CCC(C)CC1c1cc(F)ccc1OC. The Bertz CT molecular complexity index is 449. The van der Waals surface area contributed by atoms with Gasteiger partial charge in [-0.2, -0.15) is 0 Å². The zero-order chi connectivity index (χ0) is 15.2. The standard InChI is InChI=1S/C18H28FNO/c1-4-9-20-12-14-6-5-13(2)10-16(14)17-11-15(19)7-8-18(17)21-3/h7-8,11,13-14,16,20H,4-6,9-10,12H2,1-3H3. The summed E-state index contributed by atoms with van der Waals surface area (Å²) in [6.45, 7) is 6.56. The summed E-state index contributed by atoms with van der Waals surface area (Å²) in [4.78, 5) is 0. The fourth-order valence-electron chi connectivity index (χ4n) is 3.53. The van der Waals surface area contributed by atoms with E-state index in [-0.39, 0.29) is 5.82 Å². The lowest BCUT2D eigenvalue weighted by Gasteiger charge is -2.36. The zero-order valence-electron chi connectivity index (χ0n) is 13.5. The van der Waals surface area contributed by atoms with Crippen molar-refractivity contribution in [3.05, 3.63) is 29.6 Å². The van der Waals surface area contributed by atoms with Crippen molar-refractivity contribution >= 4 is 0 Å². The second-order valence-corrected chi connectivity index (χ2v) is 6.38. The van der Waals surface area contributed by atoms with Crippen molar-refractivity contribution in [3.63, 3.8) is 0 Å². The third kappa shape index (κ3) is 4.19. The third-order valence-electron chi connectivity index (χ3n) is 4.68. The number of hydrogen-bond acceptors (Lipinski definition) is 2. The molecule has 1 aliphatic rings. The van der Waals surface area contributed by atoms with Crippen molar-refractivity contribution in [2.24, 2.45) is 11.8 Å². The van der Waals surface area contributed by atoms with Gasteiger partial charge in [-0.25, -0.2) is 4.39 Å². The first-order valence-corrected chi connectivity index (χ1v) is 8.19. The summed E-state index contributed by atoms with van der Waals surface area (Å²) in [5.41, 5.74) is 1.05. The summed E-state index contributed by atoms with van der Waals surface area (Å²) >= 11 is 0. The summed E-state index contributed by atoms with van der Waals surface area (Å²) in [6, 6.07) is 4.92. The minimum atomic E-state index is -0.163. The highest BCUT2D eigenvalue weighted by Crippen LogP contribution is 2.43. The van der Waals surface area contributed by atoms with Crippen LogP contribution in [0.1, 0.15) is 51.0 Å². The van der Waals surface area contributed by atoms with Gasteiger partial charge in [0.15, 0.2) is 0 Å².